The Labute approximate surface area is 125 Å². The molecule has 4 heteroatoms. The summed E-state index contributed by atoms with van der Waals surface area (Å²) in [6.45, 7) is 3.04. The van der Waals surface area contributed by atoms with Crippen LogP contribution in [0.1, 0.15) is 12.5 Å². The van der Waals surface area contributed by atoms with Gasteiger partial charge in [-0.1, -0.05) is 42.5 Å². The van der Waals surface area contributed by atoms with Gasteiger partial charge in [0.05, 0.1) is 12.3 Å². The lowest BCUT2D eigenvalue weighted by Gasteiger charge is -2.19. The van der Waals surface area contributed by atoms with Crippen LogP contribution in [0, 0.1) is 0 Å². The molecule has 0 fully saturated rings. The van der Waals surface area contributed by atoms with Gasteiger partial charge in [0.25, 0.3) is 0 Å². The van der Waals surface area contributed by atoms with E-state index in [0.29, 0.717) is 24.6 Å². The number of hydrogen-bond acceptors (Lipinski definition) is 2. The first-order valence-electron chi connectivity index (χ1n) is 6.98. The second-order valence-corrected chi connectivity index (χ2v) is 4.70. The van der Waals surface area contributed by atoms with Gasteiger partial charge >= 0.3 is 6.03 Å². The maximum Gasteiger partial charge on any atom is 0.321 e. The van der Waals surface area contributed by atoms with E-state index in [0.717, 1.165) is 5.56 Å². The number of para-hydroxylation sites is 2. The van der Waals surface area contributed by atoms with Crippen LogP contribution in [0.2, 0.25) is 0 Å². The molecule has 0 unspecified atom stereocenters. The molecule has 0 bridgehead atoms. The third-order valence-electron chi connectivity index (χ3n) is 3.04. The van der Waals surface area contributed by atoms with Crippen LogP contribution in [0.5, 0.6) is 5.75 Å². The molecule has 1 N–H and O–H groups in total. The van der Waals surface area contributed by atoms with Gasteiger partial charge in [-0.15, -0.1) is 0 Å². The molecule has 0 spiro atoms. The van der Waals surface area contributed by atoms with E-state index in [1.54, 1.807) is 11.9 Å². The van der Waals surface area contributed by atoms with Crippen LogP contribution in [0.4, 0.5) is 10.5 Å². The van der Waals surface area contributed by atoms with Crippen molar-refractivity contribution in [1.82, 2.24) is 4.90 Å². The molecule has 2 amide bonds. The maximum absolute atomic E-state index is 12.2. The van der Waals surface area contributed by atoms with Gasteiger partial charge in [0.2, 0.25) is 0 Å². The lowest BCUT2D eigenvalue weighted by molar-refractivity contribution is 0.220. The fourth-order valence-electron chi connectivity index (χ4n) is 1.99. The zero-order chi connectivity index (χ0) is 15.1. The Morgan fingerprint density at radius 3 is 2.48 bits per heavy atom. The van der Waals surface area contributed by atoms with E-state index < -0.39 is 0 Å². The smallest absolute Gasteiger partial charge is 0.321 e. The number of hydrogen-bond donors (Lipinski definition) is 1. The Balaban J connectivity index is 2.01. The van der Waals surface area contributed by atoms with Crippen LogP contribution in [0.15, 0.2) is 54.6 Å². The van der Waals surface area contributed by atoms with Gasteiger partial charge in [0.1, 0.15) is 5.75 Å². The average Bonchev–Trinajstić information content (AvgIpc) is 2.50. The first-order chi connectivity index (χ1) is 10.2. The third-order valence-corrected chi connectivity index (χ3v) is 3.04. The summed E-state index contributed by atoms with van der Waals surface area (Å²) < 4.78 is 5.50. The van der Waals surface area contributed by atoms with Gasteiger partial charge in [-0.25, -0.2) is 4.79 Å². The van der Waals surface area contributed by atoms with Gasteiger partial charge in [0.15, 0.2) is 0 Å². The van der Waals surface area contributed by atoms with Crippen LogP contribution < -0.4 is 10.1 Å². The standard InChI is InChI=1S/C17H20N2O2/c1-3-21-16-12-8-7-11-15(16)18-17(20)19(2)13-14-9-5-4-6-10-14/h4-12H,3,13H2,1-2H3,(H,18,20). The number of urea groups is 1. The zero-order valence-electron chi connectivity index (χ0n) is 12.4. The Kier molecular flexibility index (Phi) is 5.21. The number of nitrogens with zero attached hydrogens (tertiary/aromatic N) is 1. The number of benzene rings is 2. The molecule has 0 aliphatic rings. The number of carbonyl (C=O) groups is 1. The third kappa shape index (κ3) is 4.24. The maximum atomic E-state index is 12.2. The Hall–Kier alpha value is -2.49. The summed E-state index contributed by atoms with van der Waals surface area (Å²) in [5.74, 6) is 0.682. The van der Waals surface area contributed by atoms with Gasteiger partial charge < -0.3 is 15.0 Å². The average molecular weight is 284 g/mol. The molecule has 4 nitrogen and oxygen atoms in total. The highest BCUT2D eigenvalue weighted by atomic mass is 16.5. The molecule has 0 saturated carbocycles. The second kappa shape index (κ2) is 7.33. The van der Waals surface area contributed by atoms with Gasteiger partial charge in [0, 0.05) is 13.6 Å². The van der Waals surface area contributed by atoms with Crippen LogP contribution in [0.25, 0.3) is 0 Å². The van der Waals surface area contributed by atoms with E-state index >= 15 is 0 Å². The number of anilines is 1. The van der Waals surface area contributed by atoms with Crippen molar-refractivity contribution in [3.05, 3.63) is 60.2 Å². The number of rotatable bonds is 5. The van der Waals surface area contributed by atoms with Crippen molar-refractivity contribution >= 4 is 11.7 Å². The van der Waals surface area contributed by atoms with Crippen molar-refractivity contribution in [2.75, 3.05) is 19.0 Å². The molecule has 2 aromatic rings. The van der Waals surface area contributed by atoms with Crippen molar-refractivity contribution in [3.63, 3.8) is 0 Å². The molecule has 21 heavy (non-hydrogen) atoms. The van der Waals surface area contributed by atoms with Crippen LogP contribution in [-0.4, -0.2) is 24.6 Å². The summed E-state index contributed by atoms with van der Waals surface area (Å²) in [6.07, 6.45) is 0. The zero-order valence-corrected chi connectivity index (χ0v) is 12.4. The molecule has 110 valence electrons. The summed E-state index contributed by atoms with van der Waals surface area (Å²) in [4.78, 5) is 13.9. The molecule has 0 radical (unpaired) electrons. The van der Waals surface area contributed by atoms with E-state index in [4.69, 9.17) is 4.74 Å². The highest BCUT2D eigenvalue weighted by Crippen LogP contribution is 2.24. The van der Waals surface area contributed by atoms with E-state index in [-0.39, 0.29) is 6.03 Å². The summed E-state index contributed by atoms with van der Waals surface area (Å²) in [5, 5.41) is 2.88. The fourth-order valence-corrected chi connectivity index (χ4v) is 1.99. The summed E-state index contributed by atoms with van der Waals surface area (Å²) >= 11 is 0. The molecule has 0 aromatic heterocycles. The van der Waals surface area contributed by atoms with Crippen LogP contribution >= 0.6 is 0 Å². The summed E-state index contributed by atoms with van der Waals surface area (Å²) in [6, 6.07) is 17.2. The second-order valence-electron chi connectivity index (χ2n) is 4.70. The molecular weight excluding hydrogens is 264 g/mol. The Morgan fingerprint density at radius 2 is 1.76 bits per heavy atom. The molecule has 0 aliphatic heterocycles. The number of nitrogens with one attached hydrogen (secondary N) is 1. The van der Waals surface area contributed by atoms with E-state index in [1.165, 1.54) is 0 Å². The predicted molar refractivity (Wildman–Crippen MR) is 84.5 cm³/mol. The van der Waals surface area contributed by atoms with E-state index in [2.05, 4.69) is 5.32 Å². The van der Waals surface area contributed by atoms with Crippen molar-refractivity contribution in [2.24, 2.45) is 0 Å². The van der Waals surface area contributed by atoms with Crippen molar-refractivity contribution in [1.29, 1.82) is 0 Å². The summed E-state index contributed by atoms with van der Waals surface area (Å²) in [5.41, 5.74) is 1.78. The quantitative estimate of drug-likeness (QED) is 0.908. The topological polar surface area (TPSA) is 41.6 Å². The molecule has 0 saturated heterocycles. The van der Waals surface area contributed by atoms with E-state index in [9.17, 15) is 4.79 Å². The number of amides is 2. The van der Waals surface area contributed by atoms with Gasteiger partial charge in [-0.2, -0.15) is 0 Å². The minimum atomic E-state index is -0.161. The lowest BCUT2D eigenvalue weighted by Crippen LogP contribution is -2.30. The predicted octanol–water partition coefficient (Wildman–Crippen LogP) is 3.75. The Morgan fingerprint density at radius 1 is 1.10 bits per heavy atom. The van der Waals surface area contributed by atoms with Gasteiger partial charge in [-0.3, -0.25) is 0 Å². The highest BCUT2D eigenvalue weighted by molar-refractivity contribution is 5.90. The first-order valence-corrected chi connectivity index (χ1v) is 6.98. The van der Waals surface area contributed by atoms with E-state index in [1.807, 2.05) is 61.5 Å². The normalized spacial score (nSPS) is 10.0. The van der Waals surface area contributed by atoms with Crippen LogP contribution in [-0.2, 0) is 6.54 Å². The van der Waals surface area contributed by atoms with Crippen molar-refractivity contribution in [3.8, 4) is 5.75 Å². The lowest BCUT2D eigenvalue weighted by atomic mass is 10.2. The molecular formula is C17H20N2O2. The molecule has 0 heterocycles. The van der Waals surface area contributed by atoms with Crippen molar-refractivity contribution in [2.45, 2.75) is 13.5 Å². The first kappa shape index (κ1) is 14.9. The van der Waals surface area contributed by atoms with Gasteiger partial charge in [-0.05, 0) is 24.6 Å². The molecule has 2 aromatic carbocycles. The highest BCUT2D eigenvalue weighted by Gasteiger charge is 2.11. The molecule has 0 aliphatic carbocycles. The minimum Gasteiger partial charge on any atom is -0.492 e. The summed E-state index contributed by atoms with van der Waals surface area (Å²) in [7, 11) is 1.77. The minimum absolute atomic E-state index is 0.161. The SMILES string of the molecule is CCOc1ccccc1NC(=O)N(C)Cc1ccccc1. The monoisotopic (exact) mass is 284 g/mol. The largest absolute Gasteiger partial charge is 0.492 e. The fraction of sp³-hybridized carbons (Fsp3) is 0.235. The van der Waals surface area contributed by atoms with Crippen LogP contribution in [0.3, 0.4) is 0 Å². The molecule has 0 atom stereocenters. The number of ether oxygens (including phenoxy) is 1. The molecule has 2 rings (SSSR count). The Bertz CT molecular complexity index is 584. The van der Waals surface area contributed by atoms with Crippen molar-refractivity contribution < 1.29 is 9.53 Å². The number of carbonyl (C=O) groups excluding carboxylic acids is 1.